The number of carboxylic acid groups (broad SMARTS) is 1. The van der Waals surface area contributed by atoms with Gasteiger partial charge in [0.1, 0.15) is 0 Å². The molecule has 0 aromatic heterocycles. The molecule has 0 radical (unpaired) electrons. The maximum Gasteiger partial charge on any atom is 0.417 e. The standard InChI is InChI=1S/C9H13F3O3/c1-8(15,9(10,11)12)6(7(13)14)5-3-2-4-5/h5-6,15H,2-4H2,1H3,(H,13,14). The summed E-state index contributed by atoms with van der Waals surface area (Å²) < 4.78 is 37.4. The van der Waals surface area contributed by atoms with Crippen molar-refractivity contribution in [3.63, 3.8) is 0 Å². The number of hydrogen-bond donors (Lipinski definition) is 2. The predicted octanol–water partition coefficient (Wildman–Crippen LogP) is 1.80. The molecule has 2 N–H and O–H groups in total. The molecule has 0 bridgehead atoms. The molecule has 88 valence electrons. The van der Waals surface area contributed by atoms with Crippen molar-refractivity contribution < 1.29 is 28.2 Å². The van der Waals surface area contributed by atoms with Crippen LogP contribution in [0.15, 0.2) is 0 Å². The Morgan fingerprint density at radius 3 is 2.07 bits per heavy atom. The van der Waals surface area contributed by atoms with Gasteiger partial charge in [-0.15, -0.1) is 0 Å². The van der Waals surface area contributed by atoms with E-state index in [0.29, 0.717) is 19.8 Å². The van der Waals surface area contributed by atoms with Crippen LogP contribution in [0.1, 0.15) is 26.2 Å². The van der Waals surface area contributed by atoms with E-state index in [1.165, 1.54) is 0 Å². The van der Waals surface area contributed by atoms with E-state index in [4.69, 9.17) is 5.11 Å². The zero-order valence-electron chi connectivity index (χ0n) is 8.21. The third-order valence-electron chi connectivity index (χ3n) is 3.07. The van der Waals surface area contributed by atoms with Gasteiger partial charge in [-0.25, -0.2) is 0 Å². The molecule has 1 fully saturated rings. The van der Waals surface area contributed by atoms with E-state index in [-0.39, 0.29) is 0 Å². The number of aliphatic carboxylic acids is 1. The van der Waals surface area contributed by atoms with Gasteiger partial charge < -0.3 is 10.2 Å². The number of halogens is 3. The minimum absolute atomic E-state index is 0.434. The third-order valence-corrected chi connectivity index (χ3v) is 3.07. The highest BCUT2D eigenvalue weighted by Gasteiger charge is 2.60. The molecular weight excluding hydrogens is 213 g/mol. The second kappa shape index (κ2) is 3.66. The molecule has 0 saturated heterocycles. The quantitative estimate of drug-likeness (QED) is 0.771. The summed E-state index contributed by atoms with van der Waals surface area (Å²) >= 11 is 0. The number of carbonyl (C=O) groups is 1. The molecule has 0 aliphatic heterocycles. The fourth-order valence-electron chi connectivity index (χ4n) is 1.85. The van der Waals surface area contributed by atoms with E-state index in [1.807, 2.05) is 0 Å². The number of rotatable bonds is 3. The maximum atomic E-state index is 12.5. The summed E-state index contributed by atoms with van der Waals surface area (Å²) in [5.74, 6) is -3.91. The lowest BCUT2D eigenvalue weighted by Crippen LogP contribution is -2.55. The van der Waals surface area contributed by atoms with Gasteiger partial charge in [0.25, 0.3) is 0 Å². The zero-order valence-corrected chi connectivity index (χ0v) is 8.21. The molecule has 1 saturated carbocycles. The fourth-order valence-corrected chi connectivity index (χ4v) is 1.85. The van der Waals surface area contributed by atoms with Gasteiger partial charge in [0, 0.05) is 0 Å². The van der Waals surface area contributed by atoms with Crippen LogP contribution in [0.2, 0.25) is 0 Å². The summed E-state index contributed by atoms with van der Waals surface area (Å²) in [7, 11) is 0. The van der Waals surface area contributed by atoms with Gasteiger partial charge in [-0.1, -0.05) is 6.42 Å². The fraction of sp³-hybridized carbons (Fsp3) is 0.889. The minimum Gasteiger partial charge on any atom is -0.481 e. The summed E-state index contributed by atoms with van der Waals surface area (Å²) in [6.07, 6.45) is -3.32. The van der Waals surface area contributed by atoms with Crippen molar-refractivity contribution in [2.24, 2.45) is 11.8 Å². The Hall–Kier alpha value is -0.780. The molecule has 0 heterocycles. The first-order chi connectivity index (χ1) is 6.68. The summed E-state index contributed by atoms with van der Waals surface area (Å²) in [6.45, 7) is 0.532. The normalized spacial score (nSPS) is 24.1. The van der Waals surface area contributed by atoms with Crippen LogP contribution >= 0.6 is 0 Å². The van der Waals surface area contributed by atoms with E-state index in [2.05, 4.69) is 0 Å². The molecule has 0 aromatic rings. The maximum absolute atomic E-state index is 12.5. The van der Waals surface area contributed by atoms with Gasteiger partial charge >= 0.3 is 12.1 Å². The largest absolute Gasteiger partial charge is 0.481 e. The van der Waals surface area contributed by atoms with Gasteiger partial charge in [-0.2, -0.15) is 13.2 Å². The lowest BCUT2D eigenvalue weighted by Gasteiger charge is -2.40. The molecule has 0 spiro atoms. The van der Waals surface area contributed by atoms with E-state index in [1.54, 1.807) is 0 Å². The van der Waals surface area contributed by atoms with Gasteiger partial charge in [0.15, 0.2) is 5.60 Å². The van der Waals surface area contributed by atoms with Crippen LogP contribution in [0.5, 0.6) is 0 Å². The Morgan fingerprint density at radius 1 is 1.40 bits per heavy atom. The Kier molecular flexibility index (Phi) is 3.00. The molecule has 1 aliphatic rings. The van der Waals surface area contributed by atoms with Crippen LogP contribution < -0.4 is 0 Å². The number of alkyl halides is 3. The number of carboxylic acids is 1. The van der Waals surface area contributed by atoms with E-state index in [9.17, 15) is 23.1 Å². The van der Waals surface area contributed by atoms with Crippen LogP contribution in [0.25, 0.3) is 0 Å². The first-order valence-corrected chi connectivity index (χ1v) is 4.70. The molecule has 2 unspecified atom stereocenters. The van der Waals surface area contributed by atoms with Gasteiger partial charge in [-0.3, -0.25) is 4.79 Å². The van der Waals surface area contributed by atoms with Crippen molar-refractivity contribution in [1.82, 2.24) is 0 Å². The van der Waals surface area contributed by atoms with Crippen LogP contribution in [0.4, 0.5) is 13.2 Å². The van der Waals surface area contributed by atoms with E-state index in [0.717, 1.165) is 6.42 Å². The molecule has 3 nitrogen and oxygen atoms in total. The lowest BCUT2D eigenvalue weighted by molar-refractivity contribution is -0.279. The molecule has 15 heavy (non-hydrogen) atoms. The third kappa shape index (κ3) is 2.09. The van der Waals surface area contributed by atoms with Crippen LogP contribution in [-0.2, 0) is 4.79 Å². The summed E-state index contributed by atoms with van der Waals surface area (Å²) in [6, 6.07) is 0. The van der Waals surface area contributed by atoms with Crippen molar-refractivity contribution in [3.05, 3.63) is 0 Å². The monoisotopic (exact) mass is 226 g/mol. The summed E-state index contributed by atoms with van der Waals surface area (Å²) in [5.41, 5.74) is -3.15. The molecular formula is C9H13F3O3. The Labute approximate surface area is 84.9 Å². The zero-order chi connectivity index (χ0) is 11.9. The van der Waals surface area contributed by atoms with Crippen LogP contribution in [0.3, 0.4) is 0 Å². The highest BCUT2D eigenvalue weighted by atomic mass is 19.4. The average molecular weight is 226 g/mol. The topological polar surface area (TPSA) is 57.5 Å². The molecule has 6 heteroatoms. The van der Waals surface area contributed by atoms with E-state index >= 15 is 0 Å². The SMILES string of the molecule is CC(O)(C(C(=O)O)C1CCC1)C(F)(F)F. The van der Waals surface area contributed by atoms with E-state index < -0.39 is 29.6 Å². The van der Waals surface area contributed by atoms with Crippen LogP contribution in [0, 0.1) is 11.8 Å². The van der Waals surface area contributed by atoms with Crippen molar-refractivity contribution >= 4 is 5.97 Å². The average Bonchev–Trinajstić information content (AvgIpc) is 1.92. The highest BCUT2D eigenvalue weighted by molar-refractivity contribution is 5.72. The van der Waals surface area contributed by atoms with Gasteiger partial charge in [-0.05, 0) is 25.7 Å². The first kappa shape index (κ1) is 12.3. The Morgan fingerprint density at radius 2 is 1.87 bits per heavy atom. The molecule has 0 aromatic carbocycles. The van der Waals surface area contributed by atoms with Crippen molar-refractivity contribution in [2.75, 3.05) is 0 Å². The number of aliphatic hydroxyl groups is 1. The predicted molar refractivity (Wildman–Crippen MR) is 45.1 cm³/mol. The Balaban J connectivity index is 2.92. The van der Waals surface area contributed by atoms with Crippen LogP contribution in [-0.4, -0.2) is 28.0 Å². The van der Waals surface area contributed by atoms with Crippen molar-refractivity contribution in [2.45, 2.75) is 38.0 Å². The number of hydrogen-bond acceptors (Lipinski definition) is 2. The summed E-state index contributed by atoms with van der Waals surface area (Å²) in [4.78, 5) is 10.8. The van der Waals surface area contributed by atoms with Crippen molar-refractivity contribution in [1.29, 1.82) is 0 Å². The smallest absolute Gasteiger partial charge is 0.417 e. The minimum atomic E-state index is -4.91. The second-order valence-corrected chi connectivity index (χ2v) is 4.15. The highest BCUT2D eigenvalue weighted by Crippen LogP contribution is 2.45. The second-order valence-electron chi connectivity index (χ2n) is 4.15. The molecule has 0 amide bonds. The summed E-state index contributed by atoms with van der Waals surface area (Å²) in [5, 5.41) is 18.1. The lowest BCUT2D eigenvalue weighted by atomic mass is 9.69. The molecule has 2 atom stereocenters. The molecule has 1 aliphatic carbocycles. The first-order valence-electron chi connectivity index (χ1n) is 4.70. The van der Waals surface area contributed by atoms with Gasteiger partial charge in [0.05, 0.1) is 5.92 Å². The van der Waals surface area contributed by atoms with Crippen molar-refractivity contribution in [3.8, 4) is 0 Å². The Bertz CT molecular complexity index is 256. The molecule has 1 rings (SSSR count). The van der Waals surface area contributed by atoms with Gasteiger partial charge in [0.2, 0.25) is 0 Å².